The van der Waals surface area contributed by atoms with Gasteiger partial charge in [-0.3, -0.25) is 0 Å². The molecule has 86 valence electrons. The molecule has 0 atom stereocenters. The number of thiophene rings is 1. The first-order valence-corrected chi connectivity index (χ1v) is 6.01. The van der Waals surface area contributed by atoms with Crippen LogP contribution >= 0.6 is 11.3 Å². The summed E-state index contributed by atoms with van der Waals surface area (Å²) in [5.74, 6) is 0. The second-order valence-corrected chi connectivity index (χ2v) is 4.74. The summed E-state index contributed by atoms with van der Waals surface area (Å²) in [6.45, 7) is 2.12. The Labute approximate surface area is 92.1 Å². The Morgan fingerprint density at radius 3 is 2.40 bits per heavy atom. The molecule has 1 aromatic heterocycles. The molecule has 0 saturated carbocycles. The Hall–Kier alpha value is -0.510. The molecular weight excluding hydrogens is 221 g/mol. The van der Waals surface area contributed by atoms with E-state index in [0.717, 1.165) is 48.3 Å². The van der Waals surface area contributed by atoms with Gasteiger partial charge in [0.15, 0.2) is 0 Å². The first kappa shape index (κ1) is 12.6. The largest absolute Gasteiger partial charge is 0.425 e. The molecule has 0 bridgehead atoms. The monoisotopic (exact) mass is 236 g/mol. The lowest BCUT2D eigenvalue weighted by Crippen LogP contribution is -2.00. The molecule has 4 heteroatoms. The molecule has 0 amide bonds. The van der Waals surface area contributed by atoms with Crippen molar-refractivity contribution in [1.29, 1.82) is 0 Å². The van der Waals surface area contributed by atoms with E-state index in [0.29, 0.717) is 0 Å². The maximum Gasteiger partial charge on any atom is 0.425 e. The lowest BCUT2D eigenvalue weighted by atomic mass is 10.1. The van der Waals surface area contributed by atoms with Crippen molar-refractivity contribution in [1.82, 2.24) is 0 Å². The van der Waals surface area contributed by atoms with Crippen molar-refractivity contribution < 1.29 is 13.2 Å². The van der Waals surface area contributed by atoms with Gasteiger partial charge in [-0.05, 0) is 25.0 Å². The summed E-state index contributed by atoms with van der Waals surface area (Å²) in [6.07, 6.45) is 1.02. The van der Waals surface area contributed by atoms with Gasteiger partial charge in [-0.1, -0.05) is 26.2 Å². The van der Waals surface area contributed by atoms with Gasteiger partial charge in [-0.15, -0.1) is 11.3 Å². The molecule has 1 heterocycles. The van der Waals surface area contributed by atoms with E-state index in [9.17, 15) is 13.2 Å². The van der Waals surface area contributed by atoms with Gasteiger partial charge in [-0.25, -0.2) is 0 Å². The minimum absolute atomic E-state index is 0.479. The van der Waals surface area contributed by atoms with E-state index in [2.05, 4.69) is 6.92 Å². The normalized spacial score (nSPS) is 12.0. The average Bonchev–Trinajstić information content (AvgIpc) is 2.60. The van der Waals surface area contributed by atoms with Crippen LogP contribution in [0, 0.1) is 0 Å². The Morgan fingerprint density at radius 1 is 1.13 bits per heavy atom. The maximum absolute atomic E-state index is 12.3. The number of rotatable bonds is 5. The molecule has 0 spiro atoms. The summed E-state index contributed by atoms with van der Waals surface area (Å²) in [6, 6.07) is 2.78. The van der Waals surface area contributed by atoms with Gasteiger partial charge in [0.05, 0.1) is 0 Å². The molecule has 0 unspecified atom stereocenters. The summed E-state index contributed by atoms with van der Waals surface area (Å²) >= 11 is 0.873. The molecule has 15 heavy (non-hydrogen) atoms. The van der Waals surface area contributed by atoms with Crippen molar-refractivity contribution in [3.8, 4) is 0 Å². The number of hydrogen-bond donors (Lipinski definition) is 0. The van der Waals surface area contributed by atoms with Crippen LogP contribution in [0.1, 0.15) is 42.4 Å². The third-order valence-corrected chi connectivity index (χ3v) is 3.41. The predicted molar refractivity (Wildman–Crippen MR) is 57.2 cm³/mol. The molecule has 0 N–H and O–H groups in total. The van der Waals surface area contributed by atoms with Gasteiger partial charge in [0.2, 0.25) is 0 Å². The second-order valence-electron chi connectivity index (χ2n) is 3.57. The van der Waals surface area contributed by atoms with Gasteiger partial charge >= 0.3 is 6.18 Å². The first-order valence-electron chi connectivity index (χ1n) is 5.20. The minimum atomic E-state index is -4.17. The first-order chi connectivity index (χ1) is 7.04. The third-order valence-electron chi connectivity index (χ3n) is 2.22. The number of aryl methyl sites for hydroxylation is 1. The van der Waals surface area contributed by atoms with Gasteiger partial charge in [0, 0.05) is 4.88 Å². The highest BCUT2D eigenvalue weighted by atomic mass is 32.1. The molecule has 0 aliphatic rings. The standard InChI is InChI=1S/C11H15F3S/c1-2-3-4-5-6-9-7-8-10(15-9)11(12,13)14/h7-8H,2-6H2,1H3. The smallest absolute Gasteiger partial charge is 0.165 e. The SMILES string of the molecule is CCCCCCc1ccc(C(F)(F)F)s1. The summed E-state index contributed by atoms with van der Waals surface area (Å²) in [5.41, 5.74) is 0. The van der Waals surface area contributed by atoms with Crippen LogP contribution in [-0.2, 0) is 12.6 Å². The van der Waals surface area contributed by atoms with Crippen LogP contribution in [0.15, 0.2) is 12.1 Å². The number of alkyl halides is 3. The Morgan fingerprint density at radius 2 is 1.87 bits per heavy atom. The molecule has 0 aliphatic heterocycles. The highest BCUT2D eigenvalue weighted by Gasteiger charge is 2.32. The van der Waals surface area contributed by atoms with E-state index < -0.39 is 11.1 Å². The zero-order chi connectivity index (χ0) is 11.3. The van der Waals surface area contributed by atoms with E-state index in [-0.39, 0.29) is 0 Å². The Kier molecular flexibility index (Phi) is 4.64. The summed E-state index contributed by atoms with van der Waals surface area (Å²) < 4.78 is 36.8. The number of unbranched alkanes of at least 4 members (excludes halogenated alkanes) is 3. The fourth-order valence-corrected chi connectivity index (χ4v) is 2.31. The fraction of sp³-hybridized carbons (Fsp3) is 0.636. The average molecular weight is 236 g/mol. The van der Waals surface area contributed by atoms with Crippen LogP contribution in [0.5, 0.6) is 0 Å². The van der Waals surface area contributed by atoms with E-state index in [1.165, 1.54) is 6.07 Å². The number of halogens is 3. The second kappa shape index (κ2) is 5.54. The minimum Gasteiger partial charge on any atom is -0.165 e. The molecule has 0 radical (unpaired) electrons. The van der Waals surface area contributed by atoms with Gasteiger partial charge in [-0.2, -0.15) is 13.2 Å². The zero-order valence-corrected chi connectivity index (χ0v) is 9.55. The highest BCUT2D eigenvalue weighted by molar-refractivity contribution is 7.12. The van der Waals surface area contributed by atoms with Crippen molar-refractivity contribution in [2.75, 3.05) is 0 Å². The Bertz CT molecular complexity index is 288. The van der Waals surface area contributed by atoms with Crippen LogP contribution in [0.3, 0.4) is 0 Å². The quantitative estimate of drug-likeness (QED) is 0.638. The summed E-state index contributed by atoms with van der Waals surface area (Å²) in [7, 11) is 0. The maximum atomic E-state index is 12.3. The lowest BCUT2D eigenvalue weighted by Gasteiger charge is -2.01. The number of hydrogen-bond acceptors (Lipinski definition) is 1. The molecule has 0 nitrogen and oxygen atoms in total. The van der Waals surface area contributed by atoms with E-state index in [1.807, 2.05) is 0 Å². The van der Waals surface area contributed by atoms with E-state index in [1.54, 1.807) is 6.07 Å². The van der Waals surface area contributed by atoms with Crippen LogP contribution in [0.25, 0.3) is 0 Å². The highest BCUT2D eigenvalue weighted by Crippen LogP contribution is 2.34. The fourth-order valence-electron chi connectivity index (χ4n) is 1.39. The van der Waals surface area contributed by atoms with Gasteiger partial charge in [0.1, 0.15) is 4.88 Å². The van der Waals surface area contributed by atoms with Crippen molar-refractivity contribution >= 4 is 11.3 Å². The summed E-state index contributed by atoms with van der Waals surface area (Å²) in [4.78, 5) is 0.367. The molecule has 0 saturated heterocycles. The predicted octanol–water partition coefficient (Wildman–Crippen LogP) is 4.89. The van der Waals surface area contributed by atoms with E-state index >= 15 is 0 Å². The van der Waals surface area contributed by atoms with Crippen molar-refractivity contribution in [3.05, 3.63) is 21.9 Å². The van der Waals surface area contributed by atoms with Crippen molar-refractivity contribution in [3.63, 3.8) is 0 Å². The van der Waals surface area contributed by atoms with Gasteiger partial charge in [0.25, 0.3) is 0 Å². The molecule has 1 rings (SSSR count). The summed E-state index contributed by atoms with van der Waals surface area (Å²) in [5, 5.41) is 0. The molecule has 0 fully saturated rings. The lowest BCUT2D eigenvalue weighted by molar-refractivity contribution is -0.134. The molecule has 1 aromatic rings. The van der Waals surface area contributed by atoms with E-state index in [4.69, 9.17) is 0 Å². The molecule has 0 aromatic carbocycles. The van der Waals surface area contributed by atoms with Crippen LogP contribution in [-0.4, -0.2) is 0 Å². The third kappa shape index (κ3) is 4.24. The van der Waals surface area contributed by atoms with Crippen LogP contribution < -0.4 is 0 Å². The topological polar surface area (TPSA) is 0 Å². The van der Waals surface area contributed by atoms with Crippen molar-refractivity contribution in [2.45, 2.75) is 45.2 Å². The zero-order valence-electron chi connectivity index (χ0n) is 8.73. The van der Waals surface area contributed by atoms with Crippen LogP contribution in [0.4, 0.5) is 13.2 Å². The Balaban J connectivity index is 2.40. The van der Waals surface area contributed by atoms with Gasteiger partial charge < -0.3 is 0 Å². The molecule has 0 aliphatic carbocycles. The van der Waals surface area contributed by atoms with Crippen molar-refractivity contribution in [2.24, 2.45) is 0 Å². The molecular formula is C11H15F3S. The van der Waals surface area contributed by atoms with Crippen LogP contribution in [0.2, 0.25) is 0 Å².